The molecule has 0 radical (unpaired) electrons. The van der Waals surface area contributed by atoms with E-state index >= 15 is 0 Å². The summed E-state index contributed by atoms with van der Waals surface area (Å²) >= 11 is 1.68. The standard InChI is InChI=1S/C13H14N4O3S/c18-12(19)5-9-8-21-4-3-16(9)13(20)10-6-15-17-2-1-14-7-11(10)17/h1-2,6-7,9H,3-5,8H2,(H,18,19). The van der Waals surface area contributed by atoms with Crippen molar-refractivity contribution in [3.8, 4) is 0 Å². The third kappa shape index (κ3) is 2.71. The molecular formula is C13H14N4O3S. The van der Waals surface area contributed by atoms with Crippen molar-refractivity contribution < 1.29 is 14.7 Å². The molecule has 1 aliphatic heterocycles. The van der Waals surface area contributed by atoms with Crippen LogP contribution in [0.3, 0.4) is 0 Å². The summed E-state index contributed by atoms with van der Waals surface area (Å²) in [6.07, 6.45) is 6.34. The Balaban J connectivity index is 1.90. The predicted molar refractivity (Wildman–Crippen MR) is 77.4 cm³/mol. The van der Waals surface area contributed by atoms with E-state index in [0.717, 1.165) is 5.75 Å². The van der Waals surface area contributed by atoms with E-state index in [1.54, 1.807) is 39.8 Å². The first-order valence-corrected chi connectivity index (χ1v) is 7.70. The number of hydrogen-bond acceptors (Lipinski definition) is 5. The summed E-state index contributed by atoms with van der Waals surface area (Å²) in [6.45, 7) is 0.555. The number of hydrogen-bond donors (Lipinski definition) is 1. The van der Waals surface area contributed by atoms with Gasteiger partial charge in [0.2, 0.25) is 0 Å². The van der Waals surface area contributed by atoms with Gasteiger partial charge in [0.25, 0.3) is 5.91 Å². The summed E-state index contributed by atoms with van der Waals surface area (Å²) < 4.78 is 1.59. The second-order valence-corrected chi connectivity index (χ2v) is 5.94. The molecule has 1 unspecified atom stereocenters. The molecule has 1 saturated heterocycles. The molecule has 7 nitrogen and oxygen atoms in total. The lowest BCUT2D eigenvalue weighted by Crippen LogP contribution is -2.47. The first-order valence-electron chi connectivity index (χ1n) is 6.54. The van der Waals surface area contributed by atoms with Crippen LogP contribution < -0.4 is 0 Å². The van der Waals surface area contributed by atoms with Gasteiger partial charge in [-0.1, -0.05) is 0 Å². The molecule has 21 heavy (non-hydrogen) atoms. The van der Waals surface area contributed by atoms with E-state index in [9.17, 15) is 9.59 Å². The zero-order valence-electron chi connectivity index (χ0n) is 11.2. The number of carbonyl (C=O) groups excluding carboxylic acids is 1. The van der Waals surface area contributed by atoms with Gasteiger partial charge < -0.3 is 10.0 Å². The fourth-order valence-electron chi connectivity index (χ4n) is 2.45. The summed E-state index contributed by atoms with van der Waals surface area (Å²) in [5.74, 6) is 0.404. The molecule has 3 heterocycles. The predicted octanol–water partition coefficient (Wildman–Crippen LogP) is 0.762. The van der Waals surface area contributed by atoms with Gasteiger partial charge in [-0.25, -0.2) is 4.52 Å². The second kappa shape index (κ2) is 5.72. The van der Waals surface area contributed by atoms with Crippen molar-refractivity contribution in [1.82, 2.24) is 19.5 Å². The lowest BCUT2D eigenvalue weighted by Gasteiger charge is -2.34. The van der Waals surface area contributed by atoms with Crippen LogP contribution in [0.25, 0.3) is 5.52 Å². The highest BCUT2D eigenvalue weighted by Crippen LogP contribution is 2.22. The van der Waals surface area contributed by atoms with E-state index in [4.69, 9.17) is 5.11 Å². The fraction of sp³-hybridized carbons (Fsp3) is 0.385. The van der Waals surface area contributed by atoms with E-state index in [1.165, 1.54) is 6.20 Å². The maximum atomic E-state index is 12.7. The van der Waals surface area contributed by atoms with E-state index in [-0.39, 0.29) is 18.4 Å². The molecule has 8 heteroatoms. The van der Waals surface area contributed by atoms with Crippen LogP contribution in [0, 0.1) is 0 Å². The lowest BCUT2D eigenvalue weighted by atomic mass is 10.1. The largest absolute Gasteiger partial charge is 0.481 e. The third-order valence-electron chi connectivity index (χ3n) is 3.45. The van der Waals surface area contributed by atoms with Crippen molar-refractivity contribution in [2.45, 2.75) is 12.5 Å². The summed E-state index contributed by atoms with van der Waals surface area (Å²) in [7, 11) is 0. The van der Waals surface area contributed by atoms with Crippen LogP contribution in [-0.2, 0) is 4.79 Å². The number of rotatable bonds is 3. The molecule has 0 spiro atoms. The molecule has 1 atom stereocenters. The van der Waals surface area contributed by atoms with Gasteiger partial charge in [-0.05, 0) is 0 Å². The maximum absolute atomic E-state index is 12.7. The SMILES string of the molecule is O=C(O)CC1CSCCN1C(=O)c1cnn2ccncc12. The minimum absolute atomic E-state index is 0.0315. The Kier molecular flexibility index (Phi) is 3.78. The molecule has 2 aromatic rings. The average Bonchev–Trinajstić information content (AvgIpc) is 2.90. The van der Waals surface area contributed by atoms with Crippen molar-refractivity contribution in [1.29, 1.82) is 0 Å². The number of carboxylic acid groups (broad SMARTS) is 1. The smallest absolute Gasteiger partial charge is 0.305 e. The molecule has 0 aromatic carbocycles. The van der Waals surface area contributed by atoms with Gasteiger partial charge in [0, 0.05) is 30.4 Å². The van der Waals surface area contributed by atoms with Gasteiger partial charge >= 0.3 is 5.97 Å². The zero-order valence-corrected chi connectivity index (χ0v) is 12.0. The van der Waals surface area contributed by atoms with Gasteiger partial charge in [-0.3, -0.25) is 14.6 Å². The van der Waals surface area contributed by atoms with Gasteiger partial charge in [-0.2, -0.15) is 16.9 Å². The highest BCUT2D eigenvalue weighted by Gasteiger charge is 2.30. The molecule has 2 aromatic heterocycles. The average molecular weight is 306 g/mol. The summed E-state index contributed by atoms with van der Waals surface area (Å²) in [4.78, 5) is 29.3. The Morgan fingerprint density at radius 2 is 2.29 bits per heavy atom. The minimum Gasteiger partial charge on any atom is -0.481 e. The normalized spacial score (nSPS) is 18.9. The number of thioether (sulfide) groups is 1. The number of carbonyl (C=O) groups is 2. The maximum Gasteiger partial charge on any atom is 0.305 e. The van der Waals surface area contributed by atoms with Gasteiger partial charge in [-0.15, -0.1) is 0 Å². The highest BCUT2D eigenvalue weighted by atomic mass is 32.2. The Hall–Kier alpha value is -2.09. The highest BCUT2D eigenvalue weighted by molar-refractivity contribution is 7.99. The van der Waals surface area contributed by atoms with Crippen LogP contribution in [-0.4, -0.2) is 60.6 Å². The van der Waals surface area contributed by atoms with E-state index < -0.39 is 5.97 Å². The Morgan fingerprint density at radius 1 is 1.43 bits per heavy atom. The first kappa shape index (κ1) is 13.9. The molecule has 0 saturated carbocycles. The molecule has 1 aliphatic rings. The first-order chi connectivity index (χ1) is 10.2. The number of aliphatic carboxylic acids is 1. The molecule has 1 N–H and O–H groups in total. The van der Waals surface area contributed by atoms with E-state index in [1.807, 2.05) is 0 Å². The topological polar surface area (TPSA) is 87.8 Å². The van der Waals surface area contributed by atoms with Crippen molar-refractivity contribution in [2.24, 2.45) is 0 Å². The number of fused-ring (bicyclic) bond motifs is 1. The Bertz CT molecular complexity index is 687. The number of amides is 1. The van der Waals surface area contributed by atoms with E-state index in [0.29, 0.717) is 23.4 Å². The number of nitrogens with zero attached hydrogens (tertiary/aromatic N) is 4. The van der Waals surface area contributed by atoms with E-state index in [2.05, 4.69) is 10.1 Å². The number of aromatic nitrogens is 3. The monoisotopic (exact) mass is 306 g/mol. The summed E-state index contributed by atoms with van der Waals surface area (Å²) in [6, 6.07) is -0.277. The van der Waals surface area contributed by atoms with Gasteiger partial charge in [0.15, 0.2) is 0 Å². The van der Waals surface area contributed by atoms with Gasteiger partial charge in [0.05, 0.1) is 35.9 Å². The Morgan fingerprint density at radius 3 is 3.10 bits per heavy atom. The molecule has 110 valence electrons. The third-order valence-corrected chi connectivity index (χ3v) is 4.55. The Labute approximate surface area is 125 Å². The van der Waals surface area contributed by atoms with Crippen LogP contribution in [0.2, 0.25) is 0 Å². The lowest BCUT2D eigenvalue weighted by molar-refractivity contribution is -0.138. The number of carboxylic acids is 1. The molecule has 3 rings (SSSR count). The van der Waals surface area contributed by atoms with Crippen molar-refractivity contribution in [2.75, 3.05) is 18.1 Å². The summed E-state index contributed by atoms with van der Waals surface area (Å²) in [5, 5.41) is 13.1. The van der Waals surface area contributed by atoms with Crippen LogP contribution in [0.1, 0.15) is 16.8 Å². The van der Waals surface area contributed by atoms with Gasteiger partial charge in [0.1, 0.15) is 0 Å². The molecule has 0 aliphatic carbocycles. The van der Waals surface area contributed by atoms with Crippen molar-refractivity contribution in [3.05, 3.63) is 30.4 Å². The second-order valence-electron chi connectivity index (χ2n) is 4.79. The molecule has 0 bridgehead atoms. The van der Waals surface area contributed by atoms with Crippen LogP contribution >= 0.6 is 11.8 Å². The van der Waals surface area contributed by atoms with Crippen LogP contribution in [0.15, 0.2) is 24.8 Å². The molecule has 1 fully saturated rings. The van der Waals surface area contributed by atoms with Crippen LogP contribution in [0.4, 0.5) is 0 Å². The zero-order chi connectivity index (χ0) is 14.8. The van der Waals surface area contributed by atoms with Crippen molar-refractivity contribution >= 4 is 29.2 Å². The minimum atomic E-state index is -0.887. The van der Waals surface area contributed by atoms with Crippen molar-refractivity contribution in [3.63, 3.8) is 0 Å². The molecular weight excluding hydrogens is 292 g/mol. The quantitative estimate of drug-likeness (QED) is 0.901. The van der Waals surface area contributed by atoms with Crippen LogP contribution in [0.5, 0.6) is 0 Å². The fourth-order valence-corrected chi connectivity index (χ4v) is 3.51. The summed E-state index contributed by atoms with van der Waals surface area (Å²) in [5.41, 5.74) is 1.10. The molecule has 1 amide bonds.